The number of halogens is 7. The summed E-state index contributed by atoms with van der Waals surface area (Å²) < 4.78 is 89.0. The number of hydrogen-bond acceptors (Lipinski definition) is 3. The van der Waals surface area contributed by atoms with Gasteiger partial charge in [0.05, 0.1) is 6.61 Å². The predicted molar refractivity (Wildman–Crippen MR) is 45.3 cm³/mol. The van der Waals surface area contributed by atoms with E-state index in [0.29, 0.717) is 0 Å². The largest absolute Gasteiger partial charge is 0.471 e. The summed E-state index contributed by atoms with van der Waals surface area (Å²) in [6.45, 7) is 0.388. The molecule has 0 aliphatic carbocycles. The fraction of sp³-hybridized carbons (Fsp3) is 0.750. The van der Waals surface area contributed by atoms with Crippen molar-refractivity contribution in [3.05, 3.63) is 0 Å². The number of alkyl halides is 7. The zero-order valence-corrected chi connectivity index (χ0v) is 9.28. The van der Waals surface area contributed by atoms with E-state index in [9.17, 15) is 40.3 Å². The summed E-state index contributed by atoms with van der Waals surface area (Å²) in [5.41, 5.74) is 0. The van der Waals surface area contributed by atoms with Gasteiger partial charge >= 0.3 is 30.0 Å². The van der Waals surface area contributed by atoms with E-state index in [1.165, 1.54) is 6.92 Å². The van der Waals surface area contributed by atoms with Gasteiger partial charge in [-0.15, -0.1) is 0 Å². The number of ether oxygens (including phenoxy) is 1. The van der Waals surface area contributed by atoms with Crippen molar-refractivity contribution in [1.82, 2.24) is 5.32 Å². The van der Waals surface area contributed by atoms with Gasteiger partial charge in [-0.3, -0.25) is 14.9 Å². The molecule has 0 radical (unpaired) electrons. The van der Waals surface area contributed by atoms with Crippen LogP contribution in [0.4, 0.5) is 30.7 Å². The Morgan fingerprint density at radius 3 is 1.79 bits per heavy atom. The molecule has 1 N–H and O–H groups in total. The van der Waals surface area contributed by atoms with Crippen molar-refractivity contribution >= 4 is 11.8 Å². The molecule has 0 bridgehead atoms. The Hall–Kier alpha value is -1.39. The maximum Gasteiger partial charge on any atom is 0.471 e. The summed E-state index contributed by atoms with van der Waals surface area (Å²) in [7, 11) is 0. The average Bonchev–Trinajstić information content (AvgIpc) is 2.22. The molecule has 0 saturated carbocycles. The Labute approximate surface area is 101 Å². The maximum absolute atomic E-state index is 13.3. The molecule has 0 aliphatic heterocycles. The molecule has 0 aliphatic rings. The molecule has 2 amide bonds. The van der Waals surface area contributed by atoms with Gasteiger partial charge in [-0.2, -0.15) is 30.7 Å². The highest BCUT2D eigenvalue weighted by Crippen LogP contribution is 2.35. The molecule has 4 nitrogen and oxygen atoms in total. The van der Waals surface area contributed by atoms with E-state index < -0.39 is 36.6 Å². The van der Waals surface area contributed by atoms with Crippen LogP contribution in [0.1, 0.15) is 13.3 Å². The molecular formula is C8H8F7NO3. The van der Waals surface area contributed by atoms with Gasteiger partial charge in [0.15, 0.2) is 0 Å². The van der Waals surface area contributed by atoms with Crippen molar-refractivity contribution in [3.63, 3.8) is 0 Å². The molecule has 0 saturated heterocycles. The van der Waals surface area contributed by atoms with Crippen LogP contribution in [-0.4, -0.2) is 36.6 Å². The number of amides is 2. The first-order valence-corrected chi connectivity index (χ1v) is 4.68. The van der Waals surface area contributed by atoms with Crippen molar-refractivity contribution in [2.75, 3.05) is 6.61 Å². The first kappa shape index (κ1) is 17.6. The van der Waals surface area contributed by atoms with Gasteiger partial charge in [-0.05, 0) is 6.42 Å². The SMILES string of the molecule is CCCOC(F)(C(=O)NC(=O)C(F)(F)F)C(F)(F)F. The molecular weight excluding hydrogens is 291 g/mol. The minimum Gasteiger partial charge on any atom is -0.332 e. The molecule has 11 heteroatoms. The van der Waals surface area contributed by atoms with E-state index in [-0.39, 0.29) is 11.7 Å². The van der Waals surface area contributed by atoms with Crippen LogP contribution in [0.2, 0.25) is 0 Å². The molecule has 0 aromatic heterocycles. The van der Waals surface area contributed by atoms with E-state index in [0.717, 1.165) is 0 Å². The lowest BCUT2D eigenvalue weighted by molar-refractivity contribution is -0.315. The molecule has 112 valence electrons. The van der Waals surface area contributed by atoms with Crippen LogP contribution in [0.25, 0.3) is 0 Å². The molecule has 0 fully saturated rings. The second kappa shape index (κ2) is 5.72. The van der Waals surface area contributed by atoms with Crippen molar-refractivity contribution in [2.24, 2.45) is 0 Å². The first-order chi connectivity index (χ1) is 8.36. The smallest absolute Gasteiger partial charge is 0.332 e. The van der Waals surface area contributed by atoms with Gasteiger partial charge in [0.25, 0.3) is 0 Å². The standard InChI is InChI=1S/C8H8F7NO3/c1-2-3-19-6(9,8(13,14)15)4(17)16-5(18)7(10,11)12/h2-3H2,1H3,(H,16,17,18). The minimum atomic E-state index is -5.93. The van der Waals surface area contributed by atoms with Gasteiger partial charge in [0, 0.05) is 0 Å². The number of rotatable bonds is 4. The molecule has 0 spiro atoms. The number of carbonyl (C=O) groups is 2. The number of imide groups is 1. The molecule has 0 aromatic carbocycles. The highest BCUT2D eigenvalue weighted by Gasteiger charge is 2.64. The number of hydrogen-bond donors (Lipinski definition) is 1. The van der Waals surface area contributed by atoms with Gasteiger partial charge in [0.2, 0.25) is 0 Å². The Morgan fingerprint density at radius 2 is 1.47 bits per heavy atom. The summed E-state index contributed by atoms with van der Waals surface area (Å²) in [6.07, 6.45) is -11.7. The molecule has 1 atom stereocenters. The van der Waals surface area contributed by atoms with Crippen LogP contribution < -0.4 is 5.32 Å². The molecule has 0 aromatic rings. The summed E-state index contributed by atoms with van der Waals surface area (Å²) in [6, 6.07) is 0. The normalized spacial score (nSPS) is 15.8. The Morgan fingerprint density at radius 1 is 1.00 bits per heavy atom. The number of nitrogens with one attached hydrogen (secondary N) is 1. The van der Waals surface area contributed by atoms with E-state index in [2.05, 4.69) is 4.74 Å². The molecule has 19 heavy (non-hydrogen) atoms. The van der Waals surface area contributed by atoms with Crippen LogP contribution in [0.5, 0.6) is 0 Å². The zero-order chi connectivity index (χ0) is 15.5. The van der Waals surface area contributed by atoms with Crippen molar-refractivity contribution < 1.29 is 45.1 Å². The third kappa shape index (κ3) is 4.33. The third-order valence-electron chi connectivity index (χ3n) is 1.65. The van der Waals surface area contributed by atoms with Gasteiger partial charge in [-0.1, -0.05) is 6.92 Å². The van der Waals surface area contributed by atoms with Crippen LogP contribution in [0, 0.1) is 0 Å². The summed E-state index contributed by atoms with van der Waals surface area (Å²) >= 11 is 0. The van der Waals surface area contributed by atoms with Crippen molar-refractivity contribution in [3.8, 4) is 0 Å². The lowest BCUT2D eigenvalue weighted by Crippen LogP contribution is -2.58. The quantitative estimate of drug-likeness (QED) is 0.806. The van der Waals surface area contributed by atoms with Gasteiger partial charge in [-0.25, -0.2) is 0 Å². The summed E-state index contributed by atoms with van der Waals surface area (Å²) in [5.74, 6) is -10.9. The van der Waals surface area contributed by atoms with Crippen molar-refractivity contribution in [2.45, 2.75) is 31.6 Å². The van der Waals surface area contributed by atoms with Crippen LogP contribution in [-0.2, 0) is 14.3 Å². The fourth-order valence-electron chi connectivity index (χ4n) is 0.773. The summed E-state index contributed by atoms with van der Waals surface area (Å²) in [5, 5.41) is 0.253. The minimum absolute atomic E-state index is 0.137. The highest BCUT2D eigenvalue weighted by atomic mass is 19.4. The zero-order valence-electron chi connectivity index (χ0n) is 9.28. The van der Waals surface area contributed by atoms with E-state index in [4.69, 9.17) is 0 Å². The van der Waals surface area contributed by atoms with Crippen molar-refractivity contribution in [1.29, 1.82) is 0 Å². The number of carbonyl (C=O) groups excluding carboxylic acids is 2. The van der Waals surface area contributed by atoms with Crippen LogP contribution in [0.15, 0.2) is 0 Å². The fourth-order valence-corrected chi connectivity index (χ4v) is 0.773. The average molecular weight is 299 g/mol. The van der Waals surface area contributed by atoms with E-state index in [1.807, 2.05) is 0 Å². The second-order valence-corrected chi connectivity index (χ2v) is 3.22. The Kier molecular flexibility index (Phi) is 5.30. The second-order valence-electron chi connectivity index (χ2n) is 3.22. The third-order valence-corrected chi connectivity index (χ3v) is 1.65. The Bertz CT molecular complexity index is 351. The van der Waals surface area contributed by atoms with Crippen LogP contribution in [0.3, 0.4) is 0 Å². The molecule has 1 unspecified atom stereocenters. The predicted octanol–water partition coefficient (Wildman–Crippen LogP) is 1.85. The lowest BCUT2D eigenvalue weighted by Gasteiger charge is -2.26. The topological polar surface area (TPSA) is 55.4 Å². The van der Waals surface area contributed by atoms with Gasteiger partial charge in [0.1, 0.15) is 0 Å². The van der Waals surface area contributed by atoms with E-state index in [1.54, 1.807) is 0 Å². The lowest BCUT2D eigenvalue weighted by atomic mass is 10.2. The summed E-state index contributed by atoms with van der Waals surface area (Å²) in [4.78, 5) is 21.1. The molecule has 0 rings (SSSR count). The highest BCUT2D eigenvalue weighted by molar-refractivity contribution is 6.01. The monoisotopic (exact) mass is 299 g/mol. The van der Waals surface area contributed by atoms with E-state index >= 15 is 0 Å². The van der Waals surface area contributed by atoms with Crippen LogP contribution >= 0.6 is 0 Å². The Balaban J connectivity index is 5.09. The molecule has 0 heterocycles. The van der Waals surface area contributed by atoms with Gasteiger partial charge < -0.3 is 4.74 Å². The first-order valence-electron chi connectivity index (χ1n) is 4.68. The maximum atomic E-state index is 13.3.